The van der Waals surface area contributed by atoms with E-state index in [1.54, 1.807) is 37.3 Å². The molecule has 0 aliphatic carbocycles. The molecule has 0 fully saturated rings. The molecule has 122 valence electrons. The van der Waals surface area contributed by atoms with Gasteiger partial charge in [-0.3, -0.25) is 0 Å². The summed E-state index contributed by atoms with van der Waals surface area (Å²) < 4.78 is 29.6. The highest BCUT2D eigenvalue weighted by Gasteiger charge is 2.30. The van der Waals surface area contributed by atoms with Crippen LogP contribution in [0.2, 0.25) is 0 Å². The summed E-state index contributed by atoms with van der Waals surface area (Å²) in [6, 6.07) is 4.71. The van der Waals surface area contributed by atoms with Gasteiger partial charge in [-0.1, -0.05) is 0 Å². The Labute approximate surface area is 136 Å². The maximum absolute atomic E-state index is 11.8. The van der Waals surface area contributed by atoms with Crippen molar-refractivity contribution in [2.75, 3.05) is 20.4 Å². The van der Waals surface area contributed by atoms with Crippen LogP contribution in [-0.2, 0) is 9.84 Å². The molecule has 1 aliphatic heterocycles. The molecule has 6 nitrogen and oxygen atoms in total. The van der Waals surface area contributed by atoms with Crippen LogP contribution in [0.3, 0.4) is 0 Å². The Morgan fingerprint density at radius 3 is 2.52 bits per heavy atom. The molecular formula is C16H19N3O3S. The van der Waals surface area contributed by atoms with E-state index in [0.29, 0.717) is 22.7 Å². The fourth-order valence-electron chi connectivity index (χ4n) is 2.41. The van der Waals surface area contributed by atoms with Crippen molar-refractivity contribution in [3.8, 4) is 11.9 Å². The Balaban J connectivity index is 2.74. The summed E-state index contributed by atoms with van der Waals surface area (Å²) in [6.07, 6.45) is 4.80. The molecule has 0 amide bonds. The van der Waals surface area contributed by atoms with Gasteiger partial charge in [0.2, 0.25) is 6.19 Å². The lowest BCUT2D eigenvalue weighted by atomic mass is 9.93. The SMILES string of the molecule is CN(C)C(=NC#N)C1=CC(C)(C)Oc2ccc(S(C)(=O)=O)cc21. The smallest absolute Gasteiger partial charge is 0.207 e. The minimum atomic E-state index is -3.35. The van der Waals surface area contributed by atoms with Crippen LogP contribution in [0.5, 0.6) is 5.75 Å². The first kappa shape index (κ1) is 17.0. The van der Waals surface area contributed by atoms with Gasteiger partial charge >= 0.3 is 0 Å². The predicted octanol–water partition coefficient (Wildman–Crippen LogP) is 2.09. The van der Waals surface area contributed by atoms with Gasteiger partial charge in [-0.2, -0.15) is 10.3 Å². The van der Waals surface area contributed by atoms with Crippen molar-refractivity contribution in [1.82, 2.24) is 4.90 Å². The molecule has 0 unspecified atom stereocenters. The second-order valence-corrected chi connectivity index (χ2v) is 8.14. The van der Waals surface area contributed by atoms with Gasteiger partial charge in [-0.15, -0.1) is 0 Å². The molecule has 0 radical (unpaired) electrons. The molecule has 0 spiro atoms. The number of fused-ring (bicyclic) bond motifs is 1. The molecule has 1 aromatic rings. The minimum Gasteiger partial charge on any atom is -0.483 e. The van der Waals surface area contributed by atoms with E-state index in [9.17, 15) is 8.42 Å². The minimum absolute atomic E-state index is 0.195. The Hall–Kier alpha value is -2.33. The van der Waals surface area contributed by atoms with Crippen LogP contribution in [0.15, 0.2) is 34.2 Å². The quantitative estimate of drug-likeness (QED) is 0.470. The first-order chi connectivity index (χ1) is 10.5. The zero-order chi connectivity index (χ0) is 17.4. The van der Waals surface area contributed by atoms with Crippen LogP contribution in [0.1, 0.15) is 19.4 Å². The molecule has 1 aromatic carbocycles. The first-order valence-electron chi connectivity index (χ1n) is 6.96. The Morgan fingerprint density at radius 2 is 2.00 bits per heavy atom. The molecule has 0 atom stereocenters. The summed E-state index contributed by atoms with van der Waals surface area (Å²) >= 11 is 0. The number of sulfone groups is 1. The maximum Gasteiger partial charge on any atom is 0.207 e. The predicted molar refractivity (Wildman–Crippen MR) is 89.0 cm³/mol. The molecule has 0 saturated heterocycles. The topological polar surface area (TPSA) is 82.8 Å². The standard InChI is InChI=1S/C16H19N3O3S/c1-16(2)9-13(15(18-10-17)19(3)4)12-8-11(23(5,20)21)6-7-14(12)22-16/h6-9H,1-5H3. The number of amidine groups is 1. The molecule has 7 heteroatoms. The van der Waals surface area contributed by atoms with Crippen molar-refractivity contribution >= 4 is 21.2 Å². The normalized spacial score (nSPS) is 16.7. The molecule has 0 bridgehead atoms. The molecule has 0 N–H and O–H groups in total. The van der Waals surface area contributed by atoms with Crippen LogP contribution in [0.4, 0.5) is 0 Å². The van der Waals surface area contributed by atoms with Gasteiger partial charge in [0.25, 0.3) is 0 Å². The molecular weight excluding hydrogens is 314 g/mol. The number of hydrogen-bond acceptors (Lipinski definition) is 5. The zero-order valence-corrected chi connectivity index (χ0v) is 14.6. The second kappa shape index (κ2) is 5.70. The number of ether oxygens (including phenoxy) is 1. The monoisotopic (exact) mass is 333 g/mol. The van der Waals surface area contributed by atoms with Crippen LogP contribution in [-0.4, -0.2) is 45.1 Å². The zero-order valence-electron chi connectivity index (χ0n) is 13.8. The van der Waals surface area contributed by atoms with E-state index >= 15 is 0 Å². The lowest BCUT2D eigenvalue weighted by Crippen LogP contribution is -2.33. The van der Waals surface area contributed by atoms with Crippen molar-refractivity contribution in [2.45, 2.75) is 24.3 Å². The number of aliphatic imine (C=N–C) groups is 1. The summed E-state index contributed by atoms with van der Waals surface area (Å²) in [6.45, 7) is 3.78. The highest BCUT2D eigenvalue weighted by atomic mass is 32.2. The second-order valence-electron chi connectivity index (χ2n) is 6.12. The average Bonchev–Trinajstić information content (AvgIpc) is 2.41. The van der Waals surface area contributed by atoms with Gasteiger partial charge in [-0.05, 0) is 38.1 Å². The summed E-state index contributed by atoms with van der Waals surface area (Å²) in [7, 11) is 0.207. The molecule has 2 rings (SSSR count). The van der Waals surface area contributed by atoms with E-state index in [1.165, 1.54) is 6.07 Å². The van der Waals surface area contributed by atoms with Crippen molar-refractivity contribution < 1.29 is 13.2 Å². The number of hydrogen-bond donors (Lipinski definition) is 0. The highest BCUT2D eigenvalue weighted by molar-refractivity contribution is 7.90. The third kappa shape index (κ3) is 3.54. The van der Waals surface area contributed by atoms with Crippen molar-refractivity contribution in [3.05, 3.63) is 29.8 Å². The van der Waals surface area contributed by atoms with Crippen LogP contribution < -0.4 is 4.74 Å². The Bertz CT molecular complexity index is 844. The summed E-state index contributed by atoms with van der Waals surface area (Å²) in [5, 5.41) is 8.96. The first-order valence-corrected chi connectivity index (χ1v) is 8.85. The van der Waals surface area contributed by atoms with Gasteiger partial charge in [0.05, 0.1) is 4.90 Å². The van der Waals surface area contributed by atoms with Crippen LogP contribution >= 0.6 is 0 Å². The van der Waals surface area contributed by atoms with Gasteiger partial charge in [-0.25, -0.2) is 8.42 Å². The number of likely N-dealkylation sites (N-methyl/N-ethyl adjacent to an activating group) is 1. The van der Waals surface area contributed by atoms with E-state index in [1.807, 2.05) is 19.9 Å². The van der Waals surface area contributed by atoms with Crippen molar-refractivity contribution in [1.29, 1.82) is 5.26 Å². The van der Waals surface area contributed by atoms with Crippen LogP contribution in [0, 0.1) is 11.5 Å². The fraction of sp³-hybridized carbons (Fsp3) is 0.375. The molecule has 1 heterocycles. The van der Waals surface area contributed by atoms with E-state index in [-0.39, 0.29) is 4.90 Å². The maximum atomic E-state index is 11.8. The van der Waals surface area contributed by atoms with Gasteiger partial charge < -0.3 is 9.64 Å². The van der Waals surface area contributed by atoms with Crippen molar-refractivity contribution in [3.63, 3.8) is 0 Å². The van der Waals surface area contributed by atoms with Gasteiger partial charge in [0.1, 0.15) is 17.2 Å². The van der Waals surface area contributed by atoms with Crippen molar-refractivity contribution in [2.24, 2.45) is 4.99 Å². The number of nitriles is 1. The highest BCUT2D eigenvalue weighted by Crippen LogP contribution is 2.38. The number of nitrogens with zero attached hydrogens (tertiary/aromatic N) is 3. The van der Waals surface area contributed by atoms with E-state index in [0.717, 1.165) is 6.26 Å². The summed E-state index contributed by atoms with van der Waals surface area (Å²) in [4.78, 5) is 5.79. The lowest BCUT2D eigenvalue weighted by molar-refractivity contribution is 0.158. The Morgan fingerprint density at radius 1 is 1.35 bits per heavy atom. The molecule has 0 saturated carbocycles. The number of rotatable bonds is 2. The van der Waals surface area contributed by atoms with E-state index < -0.39 is 15.4 Å². The average molecular weight is 333 g/mol. The molecule has 23 heavy (non-hydrogen) atoms. The van der Waals surface area contributed by atoms with Gasteiger partial charge in [0, 0.05) is 31.5 Å². The largest absolute Gasteiger partial charge is 0.483 e. The van der Waals surface area contributed by atoms with Crippen LogP contribution in [0.25, 0.3) is 5.57 Å². The third-order valence-corrected chi connectivity index (χ3v) is 4.46. The van der Waals surface area contributed by atoms with Gasteiger partial charge in [0.15, 0.2) is 9.84 Å². The third-order valence-electron chi connectivity index (χ3n) is 3.35. The Kier molecular flexibility index (Phi) is 4.22. The molecule has 1 aliphatic rings. The fourth-order valence-corrected chi connectivity index (χ4v) is 3.06. The lowest BCUT2D eigenvalue weighted by Gasteiger charge is -2.32. The summed E-state index contributed by atoms with van der Waals surface area (Å²) in [5.74, 6) is 1.02. The summed E-state index contributed by atoms with van der Waals surface area (Å²) in [5.41, 5.74) is 0.685. The number of benzene rings is 1. The molecule has 0 aromatic heterocycles. The van der Waals surface area contributed by atoms with E-state index in [2.05, 4.69) is 4.99 Å². The van der Waals surface area contributed by atoms with E-state index in [4.69, 9.17) is 10.00 Å².